The summed E-state index contributed by atoms with van der Waals surface area (Å²) >= 11 is 1.73. The average molecular weight is 265 g/mol. The van der Waals surface area contributed by atoms with Crippen molar-refractivity contribution in [3.8, 4) is 0 Å². The smallest absolute Gasteiger partial charge is 0.185 e. The van der Waals surface area contributed by atoms with Gasteiger partial charge in [0, 0.05) is 43.5 Å². The first-order valence-corrected chi connectivity index (χ1v) is 6.97. The molecule has 0 fully saturated rings. The molecule has 2 rings (SSSR count). The van der Waals surface area contributed by atoms with E-state index in [9.17, 15) is 0 Å². The number of hydrogen-bond donors (Lipinski definition) is 1. The molecule has 0 aromatic carbocycles. The van der Waals surface area contributed by atoms with Crippen molar-refractivity contribution in [2.45, 2.75) is 20.4 Å². The van der Waals surface area contributed by atoms with E-state index in [4.69, 9.17) is 0 Å². The Kier molecular flexibility index (Phi) is 4.19. The zero-order chi connectivity index (χ0) is 13.0. The number of thiazole rings is 1. The molecule has 2 aromatic heterocycles. The summed E-state index contributed by atoms with van der Waals surface area (Å²) in [5.41, 5.74) is 0. The third-order valence-corrected chi connectivity index (χ3v) is 3.79. The van der Waals surface area contributed by atoms with Gasteiger partial charge < -0.3 is 10.2 Å². The second kappa shape index (κ2) is 5.86. The van der Waals surface area contributed by atoms with Crippen molar-refractivity contribution in [2.24, 2.45) is 7.05 Å². The van der Waals surface area contributed by atoms with Gasteiger partial charge in [-0.2, -0.15) is 5.10 Å². The molecule has 0 aliphatic carbocycles. The second-order valence-electron chi connectivity index (χ2n) is 4.01. The van der Waals surface area contributed by atoms with Gasteiger partial charge in [0.05, 0.1) is 6.54 Å². The molecule has 0 amide bonds. The maximum Gasteiger partial charge on any atom is 0.185 e. The van der Waals surface area contributed by atoms with Gasteiger partial charge in [-0.25, -0.2) is 4.98 Å². The summed E-state index contributed by atoms with van der Waals surface area (Å²) in [7, 11) is 1.91. The van der Waals surface area contributed by atoms with Gasteiger partial charge in [-0.3, -0.25) is 4.68 Å². The Morgan fingerprint density at radius 2 is 2.17 bits per heavy atom. The van der Waals surface area contributed by atoms with E-state index in [0.29, 0.717) is 0 Å². The highest BCUT2D eigenvalue weighted by atomic mass is 32.1. The third-order valence-electron chi connectivity index (χ3n) is 2.73. The van der Waals surface area contributed by atoms with Crippen LogP contribution in [-0.4, -0.2) is 27.9 Å². The quantitative estimate of drug-likeness (QED) is 0.871. The van der Waals surface area contributed by atoms with Gasteiger partial charge in [-0.1, -0.05) is 0 Å². The van der Waals surface area contributed by atoms with Crippen LogP contribution in [0.25, 0.3) is 0 Å². The summed E-state index contributed by atoms with van der Waals surface area (Å²) in [6, 6.07) is 1.96. The van der Waals surface area contributed by atoms with E-state index in [2.05, 4.69) is 34.1 Å². The summed E-state index contributed by atoms with van der Waals surface area (Å²) in [5, 5.41) is 8.66. The predicted molar refractivity (Wildman–Crippen MR) is 76.2 cm³/mol. The first kappa shape index (κ1) is 12.9. The highest BCUT2D eigenvalue weighted by Crippen LogP contribution is 2.22. The van der Waals surface area contributed by atoms with Crippen molar-refractivity contribution < 1.29 is 0 Å². The topological polar surface area (TPSA) is 46.0 Å². The lowest BCUT2D eigenvalue weighted by Crippen LogP contribution is -2.21. The van der Waals surface area contributed by atoms with Crippen molar-refractivity contribution in [1.82, 2.24) is 14.8 Å². The summed E-state index contributed by atoms with van der Waals surface area (Å²) in [6.45, 7) is 7.07. The molecule has 1 N–H and O–H groups in total. The molecule has 2 heterocycles. The number of hydrogen-bond acceptors (Lipinski definition) is 5. The Labute approximate surface area is 111 Å². The van der Waals surface area contributed by atoms with Gasteiger partial charge in [0.2, 0.25) is 0 Å². The maximum absolute atomic E-state index is 4.45. The van der Waals surface area contributed by atoms with Crippen LogP contribution in [0.3, 0.4) is 0 Å². The average Bonchev–Trinajstić information content (AvgIpc) is 2.98. The van der Waals surface area contributed by atoms with Crippen LogP contribution >= 0.6 is 11.3 Å². The van der Waals surface area contributed by atoms with Gasteiger partial charge in [0.1, 0.15) is 5.82 Å². The van der Waals surface area contributed by atoms with E-state index in [0.717, 1.165) is 30.6 Å². The van der Waals surface area contributed by atoms with Crippen molar-refractivity contribution in [3.63, 3.8) is 0 Å². The van der Waals surface area contributed by atoms with E-state index in [1.54, 1.807) is 16.0 Å². The highest BCUT2D eigenvalue weighted by Gasteiger charge is 2.07. The summed E-state index contributed by atoms with van der Waals surface area (Å²) in [5.74, 6) is 0.898. The zero-order valence-corrected chi connectivity index (χ0v) is 11.9. The summed E-state index contributed by atoms with van der Waals surface area (Å²) in [4.78, 5) is 7.94. The van der Waals surface area contributed by atoms with Gasteiger partial charge in [-0.15, -0.1) is 11.3 Å². The molecule has 0 radical (unpaired) electrons. The molecular weight excluding hydrogens is 246 g/mol. The molecule has 0 aliphatic heterocycles. The van der Waals surface area contributed by atoms with Gasteiger partial charge in [0.15, 0.2) is 5.13 Å². The molecule has 0 bridgehead atoms. The van der Waals surface area contributed by atoms with Crippen LogP contribution in [-0.2, 0) is 13.6 Å². The van der Waals surface area contributed by atoms with Crippen LogP contribution in [0.4, 0.5) is 10.9 Å². The first-order valence-electron chi connectivity index (χ1n) is 6.16. The van der Waals surface area contributed by atoms with E-state index in [-0.39, 0.29) is 0 Å². The molecule has 0 spiro atoms. The molecule has 98 valence electrons. The van der Waals surface area contributed by atoms with Crippen molar-refractivity contribution in [2.75, 3.05) is 23.3 Å². The number of aryl methyl sites for hydroxylation is 1. The Morgan fingerprint density at radius 1 is 1.39 bits per heavy atom. The van der Waals surface area contributed by atoms with Crippen LogP contribution in [0, 0.1) is 0 Å². The summed E-state index contributed by atoms with van der Waals surface area (Å²) in [6.07, 6.45) is 3.87. The minimum atomic E-state index is 0.774. The Morgan fingerprint density at radius 3 is 2.78 bits per heavy atom. The van der Waals surface area contributed by atoms with Gasteiger partial charge in [0.25, 0.3) is 0 Å². The monoisotopic (exact) mass is 265 g/mol. The van der Waals surface area contributed by atoms with Crippen LogP contribution < -0.4 is 10.2 Å². The lowest BCUT2D eigenvalue weighted by Gasteiger charge is -2.16. The van der Waals surface area contributed by atoms with E-state index in [1.165, 1.54) is 4.88 Å². The maximum atomic E-state index is 4.45. The lowest BCUT2D eigenvalue weighted by atomic mass is 10.5. The van der Waals surface area contributed by atoms with E-state index in [1.807, 2.05) is 25.5 Å². The molecule has 0 saturated carbocycles. The van der Waals surface area contributed by atoms with Crippen LogP contribution in [0.2, 0.25) is 0 Å². The summed E-state index contributed by atoms with van der Waals surface area (Å²) < 4.78 is 1.79. The number of rotatable bonds is 6. The third kappa shape index (κ3) is 3.01. The van der Waals surface area contributed by atoms with Crippen molar-refractivity contribution in [1.29, 1.82) is 0 Å². The normalized spacial score (nSPS) is 10.6. The SMILES string of the molecule is CCN(CC)c1ncc(CNc2ccn(C)n2)s1. The van der Waals surface area contributed by atoms with Gasteiger partial charge in [-0.05, 0) is 13.8 Å². The van der Waals surface area contributed by atoms with Crippen molar-refractivity contribution in [3.05, 3.63) is 23.3 Å². The molecule has 18 heavy (non-hydrogen) atoms. The van der Waals surface area contributed by atoms with Crippen molar-refractivity contribution >= 4 is 22.3 Å². The Bertz CT molecular complexity index is 486. The molecule has 2 aromatic rings. The molecule has 5 nitrogen and oxygen atoms in total. The van der Waals surface area contributed by atoms with E-state index < -0.39 is 0 Å². The molecule has 6 heteroatoms. The molecule has 0 unspecified atom stereocenters. The number of nitrogens with zero attached hydrogens (tertiary/aromatic N) is 4. The Balaban J connectivity index is 1.94. The second-order valence-corrected chi connectivity index (χ2v) is 5.10. The minimum Gasteiger partial charge on any atom is -0.364 e. The molecule has 0 saturated heterocycles. The zero-order valence-electron chi connectivity index (χ0n) is 11.1. The molecular formula is C12H19N5S. The number of nitrogens with one attached hydrogen (secondary N) is 1. The predicted octanol–water partition coefficient (Wildman–Crippen LogP) is 2.33. The van der Waals surface area contributed by atoms with Crippen LogP contribution in [0.1, 0.15) is 18.7 Å². The molecule has 0 atom stereocenters. The fraction of sp³-hybridized carbons (Fsp3) is 0.500. The standard InChI is InChI=1S/C12H19N5S/c1-4-17(5-2)12-14-9-10(18-12)8-13-11-6-7-16(3)15-11/h6-7,9H,4-5,8H2,1-3H3,(H,13,15). The Hall–Kier alpha value is -1.56. The van der Waals surface area contributed by atoms with E-state index >= 15 is 0 Å². The minimum absolute atomic E-state index is 0.774. The fourth-order valence-corrected chi connectivity index (χ4v) is 2.68. The van der Waals surface area contributed by atoms with Gasteiger partial charge >= 0.3 is 0 Å². The lowest BCUT2D eigenvalue weighted by molar-refractivity contribution is 0.768. The fourth-order valence-electron chi connectivity index (χ4n) is 1.71. The highest BCUT2D eigenvalue weighted by molar-refractivity contribution is 7.15. The number of anilines is 2. The molecule has 0 aliphatic rings. The number of aromatic nitrogens is 3. The first-order chi connectivity index (χ1) is 8.72. The van der Waals surface area contributed by atoms with Crippen LogP contribution in [0.5, 0.6) is 0 Å². The van der Waals surface area contributed by atoms with Crippen LogP contribution in [0.15, 0.2) is 18.5 Å². The largest absolute Gasteiger partial charge is 0.364 e.